The Bertz CT molecular complexity index is 929. The first-order valence-corrected chi connectivity index (χ1v) is 7.22. The summed E-state index contributed by atoms with van der Waals surface area (Å²) in [4.78, 5) is 7.93. The highest BCUT2D eigenvalue weighted by Crippen LogP contribution is 2.27. The summed E-state index contributed by atoms with van der Waals surface area (Å²) in [6.07, 6.45) is 2.83. The zero-order chi connectivity index (χ0) is 14.2. The minimum Gasteiger partial charge on any atom is -0.358 e. The first-order valence-electron chi connectivity index (χ1n) is 7.22. The highest BCUT2D eigenvalue weighted by Gasteiger charge is 2.10. The molecule has 21 heavy (non-hydrogen) atoms. The molecule has 102 valence electrons. The summed E-state index contributed by atoms with van der Waals surface area (Å²) in [6, 6.07) is 19.0. The number of nitrogens with one attached hydrogen (secondary N) is 1. The van der Waals surface area contributed by atoms with E-state index in [1.165, 1.54) is 33.1 Å². The lowest BCUT2D eigenvalue weighted by molar-refractivity contribution is 1.15. The van der Waals surface area contributed by atoms with E-state index in [0.29, 0.717) is 0 Å². The maximum Gasteiger partial charge on any atom is 0.0704 e. The molecule has 2 aromatic carbocycles. The molecule has 0 aliphatic heterocycles. The summed E-state index contributed by atoms with van der Waals surface area (Å²) < 4.78 is 0. The van der Waals surface area contributed by atoms with E-state index in [4.69, 9.17) is 0 Å². The summed E-state index contributed by atoms with van der Waals surface area (Å²) in [5.41, 5.74) is 6.23. The van der Waals surface area contributed by atoms with Crippen molar-refractivity contribution >= 4 is 21.8 Å². The van der Waals surface area contributed by atoms with Crippen molar-refractivity contribution in [3.8, 4) is 0 Å². The van der Waals surface area contributed by atoms with Crippen molar-refractivity contribution < 1.29 is 0 Å². The lowest BCUT2D eigenvalue weighted by Gasteiger charge is -2.06. The summed E-state index contributed by atoms with van der Waals surface area (Å²) >= 11 is 0. The van der Waals surface area contributed by atoms with Crippen LogP contribution in [0.4, 0.5) is 0 Å². The minimum atomic E-state index is 0.929. The van der Waals surface area contributed by atoms with Crippen LogP contribution in [0.25, 0.3) is 21.8 Å². The first-order chi connectivity index (χ1) is 10.3. The topological polar surface area (TPSA) is 28.7 Å². The van der Waals surface area contributed by atoms with Crippen LogP contribution in [0.3, 0.4) is 0 Å². The van der Waals surface area contributed by atoms with E-state index in [-0.39, 0.29) is 0 Å². The normalized spacial score (nSPS) is 11.3. The van der Waals surface area contributed by atoms with Crippen LogP contribution in [0.1, 0.15) is 16.8 Å². The van der Waals surface area contributed by atoms with Crippen molar-refractivity contribution in [2.75, 3.05) is 0 Å². The lowest BCUT2D eigenvalue weighted by Crippen LogP contribution is -1.92. The molecule has 0 aliphatic rings. The molecular weight excluding hydrogens is 256 g/mol. The van der Waals surface area contributed by atoms with Gasteiger partial charge in [-0.3, -0.25) is 4.98 Å². The predicted molar refractivity (Wildman–Crippen MR) is 87.6 cm³/mol. The fraction of sp³-hybridized carbons (Fsp3) is 0.105. The quantitative estimate of drug-likeness (QED) is 0.567. The number of pyridine rings is 1. The number of fused-ring (bicyclic) bond motifs is 2. The molecule has 0 spiro atoms. The number of para-hydroxylation sites is 2. The average molecular weight is 272 g/mol. The van der Waals surface area contributed by atoms with E-state index in [2.05, 4.69) is 65.4 Å². The molecule has 0 aliphatic carbocycles. The number of aromatic nitrogens is 2. The van der Waals surface area contributed by atoms with Gasteiger partial charge in [0.1, 0.15) is 0 Å². The number of aromatic amines is 1. The Morgan fingerprint density at radius 1 is 0.905 bits per heavy atom. The van der Waals surface area contributed by atoms with Gasteiger partial charge in [-0.25, -0.2) is 0 Å². The molecule has 1 N–H and O–H groups in total. The molecule has 0 fully saturated rings. The number of nitrogens with zero attached hydrogens (tertiary/aromatic N) is 1. The molecule has 4 aromatic rings. The zero-order valence-electron chi connectivity index (χ0n) is 11.9. The van der Waals surface area contributed by atoms with Crippen LogP contribution in [0, 0.1) is 6.92 Å². The molecule has 0 bridgehead atoms. The molecule has 2 nitrogen and oxygen atoms in total. The largest absolute Gasteiger partial charge is 0.358 e. The summed E-state index contributed by atoms with van der Waals surface area (Å²) in [5, 5.41) is 2.56. The van der Waals surface area contributed by atoms with E-state index < -0.39 is 0 Å². The van der Waals surface area contributed by atoms with Gasteiger partial charge in [0.05, 0.1) is 5.52 Å². The van der Waals surface area contributed by atoms with E-state index in [1.54, 1.807) is 0 Å². The monoisotopic (exact) mass is 272 g/mol. The van der Waals surface area contributed by atoms with Crippen LogP contribution in [0.2, 0.25) is 0 Å². The van der Waals surface area contributed by atoms with E-state index in [9.17, 15) is 0 Å². The fourth-order valence-electron chi connectivity index (χ4n) is 3.06. The SMILES string of the molecule is Cc1[nH]c2ccccc2c1Cc1ccnc2ccccc12. The number of rotatable bonds is 2. The molecule has 2 aromatic heterocycles. The molecule has 0 amide bonds. The Labute approximate surface area is 123 Å². The average Bonchev–Trinajstić information content (AvgIpc) is 2.84. The molecule has 0 saturated heterocycles. The van der Waals surface area contributed by atoms with E-state index in [0.717, 1.165) is 11.9 Å². The van der Waals surface area contributed by atoms with Gasteiger partial charge in [-0.05, 0) is 36.2 Å². The van der Waals surface area contributed by atoms with Crippen molar-refractivity contribution in [3.05, 3.63) is 77.6 Å². The lowest BCUT2D eigenvalue weighted by atomic mass is 9.99. The van der Waals surface area contributed by atoms with Crippen LogP contribution >= 0.6 is 0 Å². The highest BCUT2D eigenvalue weighted by molar-refractivity contribution is 5.87. The summed E-state index contributed by atoms with van der Waals surface area (Å²) in [6.45, 7) is 2.15. The minimum absolute atomic E-state index is 0.929. The van der Waals surface area contributed by atoms with Gasteiger partial charge in [0.15, 0.2) is 0 Å². The van der Waals surface area contributed by atoms with Crippen molar-refractivity contribution in [2.24, 2.45) is 0 Å². The van der Waals surface area contributed by atoms with Gasteiger partial charge in [0.2, 0.25) is 0 Å². The molecule has 4 rings (SSSR count). The molecular formula is C19H16N2. The van der Waals surface area contributed by atoms with Gasteiger partial charge in [0.25, 0.3) is 0 Å². The highest BCUT2D eigenvalue weighted by atomic mass is 14.7. The molecule has 2 heteroatoms. The van der Waals surface area contributed by atoms with E-state index >= 15 is 0 Å². The van der Waals surface area contributed by atoms with Gasteiger partial charge in [-0.2, -0.15) is 0 Å². The van der Waals surface area contributed by atoms with Crippen LogP contribution in [0.15, 0.2) is 60.8 Å². The van der Waals surface area contributed by atoms with Crippen LogP contribution < -0.4 is 0 Å². The third-order valence-corrected chi connectivity index (χ3v) is 4.13. The Hall–Kier alpha value is -2.61. The number of benzene rings is 2. The molecule has 2 heterocycles. The van der Waals surface area contributed by atoms with Crippen LogP contribution in [-0.4, -0.2) is 9.97 Å². The summed E-state index contributed by atoms with van der Waals surface area (Å²) in [7, 11) is 0. The third kappa shape index (κ3) is 2.00. The standard InChI is InChI=1S/C19H16N2/c1-13-17(16-7-3-5-9-19(16)21-13)12-14-10-11-20-18-8-4-2-6-15(14)18/h2-11,21H,12H2,1H3. The zero-order valence-corrected chi connectivity index (χ0v) is 11.9. The predicted octanol–water partition coefficient (Wildman–Crippen LogP) is 4.62. The van der Waals surface area contributed by atoms with Crippen molar-refractivity contribution in [3.63, 3.8) is 0 Å². The smallest absolute Gasteiger partial charge is 0.0704 e. The van der Waals surface area contributed by atoms with Gasteiger partial charge >= 0.3 is 0 Å². The van der Waals surface area contributed by atoms with Crippen molar-refractivity contribution in [1.82, 2.24) is 9.97 Å². The van der Waals surface area contributed by atoms with E-state index in [1.807, 2.05) is 12.3 Å². The molecule has 0 saturated carbocycles. The second kappa shape index (κ2) is 4.74. The molecule has 0 atom stereocenters. The first kappa shape index (κ1) is 12.2. The Morgan fingerprint density at radius 2 is 1.67 bits per heavy atom. The van der Waals surface area contributed by atoms with Gasteiger partial charge in [-0.1, -0.05) is 36.4 Å². The number of hydrogen-bond donors (Lipinski definition) is 1. The van der Waals surface area contributed by atoms with Gasteiger partial charge in [0, 0.05) is 34.6 Å². The second-order valence-electron chi connectivity index (χ2n) is 5.44. The van der Waals surface area contributed by atoms with Crippen molar-refractivity contribution in [1.29, 1.82) is 0 Å². The van der Waals surface area contributed by atoms with Gasteiger partial charge in [-0.15, -0.1) is 0 Å². The van der Waals surface area contributed by atoms with Crippen LogP contribution in [-0.2, 0) is 6.42 Å². The molecule has 0 unspecified atom stereocenters. The Kier molecular flexibility index (Phi) is 2.74. The van der Waals surface area contributed by atoms with Crippen molar-refractivity contribution in [2.45, 2.75) is 13.3 Å². The number of H-pyrrole nitrogens is 1. The fourth-order valence-corrected chi connectivity index (χ4v) is 3.06. The Morgan fingerprint density at radius 3 is 2.57 bits per heavy atom. The second-order valence-corrected chi connectivity index (χ2v) is 5.44. The number of hydrogen-bond acceptors (Lipinski definition) is 1. The Balaban J connectivity index is 1.89. The van der Waals surface area contributed by atoms with Gasteiger partial charge < -0.3 is 4.98 Å². The number of aryl methyl sites for hydroxylation is 1. The molecule has 0 radical (unpaired) electrons. The maximum absolute atomic E-state index is 4.45. The summed E-state index contributed by atoms with van der Waals surface area (Å²) in [5.74, 6) is 0. The maximum atomic E-state index is 4.45. The van der Waals surface area contributed by atoms with Crippen LogP contribution in [0.5, 0.6) is 0 Å². The third-order valence-electron chi connectivity index (χ3n) is 4.13.